The molecule has 1 N–H and O–H groups in total. The molecule has 0 unspecified atom stereocenters. The molecule has 2 saturated carbocycles. The van der Waals surface area contributed by atoms with Gasteiger partial charge in [0.25, 0.3) is 5.91 Å². The standard InChI is InChI=1S/C24H22N2O2S.C9H18O.C8H9NO.C5H8.2C2H6/c1-16(27)22-11-12-23(29-22)19-13-14-26(21-6-4-3-5-18(21)15-19)24(28)17-7-9-20(25-2)10-8-17;1-3-9(4-2)5-7-10-8-6-9;1-6-3-4-8(5-10)7(2)9-6;1-5-2-4(5)3-5;2*1-2/h3-12,15,25H,13-14H2,1-2H3;3-8H2,1-2H3;3-5H,1-2H3;4H,2-3H2,1H3;2*1-2H3. The Morgan fingerprint density at radius 1 is 0.914 bits per heavy atom. The van der Waals surface area contributed by atoms with Gasteiger partial charge in [-0.05, 0) is 141 Å². The summed E-state index contributed by atoms with van der Waals surface area (Å²) in [7, 11) is 1.86. The second kappa shape index (κ2) is 23.3. The largest absolute Gasteiger partial charge is 0.388 e. The summed E-state index contributed by atoms with van der Waals surface area (Å²) in [6.45, 7) is 22.9. The minimum absolute atomic E-state index is 0.00893. The molecule has 1 amide bonds. The topological polar surface area (TPSA) is 88.6 Å². The van der Waals surface area contributed by atoms with E-state index in [4.69, 9.17) is 4.74 Å². The van der Waals surface area contributed by atoms with Crippen LogP contribution in [0.5, 0.6) is 0 Å². The van der Waals surface area contributed by atoms with Crippen LogP contribution in [0.25, 0.3) is 11.6 Å². The van der Waals surface area contributed by atoms with E-state index >= 15 is 0 Å². The average Bonchev–Trinajstić information content (AvgIpc) is 4.04. The number of nitrogens with one attached hydrogen (secondary N) is 1. The first-order valence-electron chi connectivity index (χ1n) is 21.4. The molecule has 8 heteroatoms. The molecule has 58 heavy (non-hydrogen) atoms. The van der Waals surface area contributed by atoms with E-state index in [0.717, 1.165) is 75.0 Å². The molecule has 0 radical (unpaired) electrons. The van der Waals surface area contributed by atoms with Crippen LogP contribution < -0.4 is 10.2 Å². The van der Waals surface area contributed by atoms with E-state index in [0.29, 0.717) is 23.1 Å². The molecular weight excluding hydrogens is 739 g/mol. The number of ether oxygens (including phenoxy) is 1. The number of hydrogen-bond donors (Lipinski definition) is 1. The highest BCUT2D eigenvalue weighted by Gasteiger charge is 2.65. The molecule has 2 aliphatic heterocycles. The maximum atomic E-state index is 13.3. The molecular formula is C50H69N3O4S. The van der Waals surface area contributed by atoms with Crippen LogP contribution in [0.15, 0.2) is 72.8 Å². The Balaban J connectivity index is 0.000000250. The zero-order valence-electron chi connectivity index (χ0n) is 37.2. The highest BCUT2D eigenvalue weighted by atomic mass is 32.1. The van der Waals surface area contributed by atoms with Crippen molar-refractivity contribution >= 4 is 52.3 Å². The fraction of sp³-hybridized carbons (Fsp3) is 0.480. The number of rotatable bonds is 7. The second-order valence-electron chi connectivity index (χ2n) is 15.3. The van der Waals surface area contributed by atoms with E-state index in [-0.39, 0.29) is 11.7 Å². The molecule has 2 aliphatic carbocycles. The van der Waals surface area contributed by atoms with E-state index < -0.39 is 0 Å². The van der Waals surface area contributed by atoms with Gasteiger partial charge in [0.05, 0.1) is 10.6 Å². The number of nitrogens with zero attached hydrogens (tertiary/aromatic N) is 2. The van der Waals surface area contributed by atoms with Crippen molar-refractivity contribution < 1.29 is 19.1 Å². The average molecular weight is 808 g/mol. The van der Waals surface area contributed by atoms with Crippen molar-refractivity contribution in [3.05, 3.63) is 111 Å². The lowest BCUT2D eigenvalue weighted by atomic mass is 9.76. The van der Waals surface area contributed by atoms with Crippen molar-refractivity contribution in [1.82, 2.24) is 4.98 Å². The number of para-hydroxylation sites is 1. The van der Waals surface area contributed by atoms with Gasteiger partial charge < -0.3 is 15.0 Å². The van der Waals surface area contributed by atoms with Gasteiger partial charge in [0.1, 0.15) is 0 Å². The third kappa shape index (κ3) is 13.3. The predicted octanol–water partition coefficient (Wildman–Crippen LogP) is 13.2. The number of carbonyl (C=O) groups excluding carboxylic acids is 3. The molecule has 7 nitrogen and oxygen atoms in total. The number of aryl methyl sites for hydroxylation is 2. The number of benzene rings is 2. The Kier molecular flexibility index (Phi) is 19.2. The molecule has 8 rings (SSSR count). The number of aromatic nitrogens is 1. The highest BCUT2D eigenvalue weighted by molar-refractivity contribution is 7.15. The van der Waals surface area contributed by atoms with Gasteiger partial charge in [-0.25, -0.2) is 0 Å². The van der Waals surface area contributed by atoms with Gasteiger partial charge in [-0.3, -0.25) is 19.4 Å². The zero-order chi connectivity index (χ0) is 42.9. The summed E-state index contributed by atoms with van der Waals surface area (Å²) >= 11 is 1.51. The normalized spacial score (nSPS) is 18.8. The van der Waals surface area contributed by atoms with Crippen molar-refractivity contribution in [2.45, 2.75) is 114 Å². The van der Waals surface area contributed by atoms with E-state index in [1.807, 2.05) is 120 Å². The zero-order valence-corrected chi connectivity index (χ0v) is 38.0. The number of aldehydes is 1. The van der Waals surface area contributed by atoms with Crippen LogP contribution in [-0.2, 0) is 4.74 Å². The first kappa shape index (κ1) is 48.0. The molecule has 4 aliphatic rings. The quantitative estimate of drug-likeness (QED) is 0.148. The smallest absolute Gasteiger partial charge is 0.258 e. The van der Waals surface area contributed by atoms with Crippen LogP contribution in [0.3, 0.4) is 0 Å². The molecule has 3 fully saturated rings. The van der Waals surface area contributed by atoms with E-state index in [1.54, 1.807) is 25.8 Å². The first-order chi connectivity index (χ1) is 27.9. The monoisotopic (exact) mass is 808 g/mol. The van der Waals surface area contributed by atoms with Crippen LogP contribution in [0, 0.1) is 30.6 Å². The lowest BCUT2D eigenvalue weighted by Gasteiger charge is -2.35. The Bertz CT molecular complexity index is 1930. The Labute approximate surface area is 353 Å². The van der Waals surface area contributed by atoms with Gasteiger partial charge in [-0.1, -0.05) is 79.5 Å². The highest BCUT2D eigenvalue weighted by Crippen LogP contribution is 2.74. The molecule has 4 heterocycles. The summed E-state index contributed by atoms with van der Waals surface area (Å²) in [6, 6.07) is 23.0. The van der Waals surface area contributed by atoms with Gasteiger partial charge in [0.2, 0.25) is 0 Å². The molecule has 0 spiro atoms. The molecule has 2 aromatic heterocycles. The van der Waals surface area contributed by atoms with Gasteiger partial charge in [0.15, 0.2) is 12.1 Å². The number of Topliss-reactive ketones (excluding diaryl/α,β-unsaturated/α-hetero) is 1. The maximum Gasteiger partial charge on any atom is 0.258 e. The summed E-state index contributed by atoms with van der Waals surface area (Å²) in [4.78, 5) is 43.1. The van der Waals surface area contributed by atoms with Crippen LogP contribution in [0.4, 0.5) is 11.4 Å². The summed E-state index contributed by atoms with van der Waals surface area (Å²) in [5.74, 6) is 1.27. The van der Waals surface area contributed by atoms with Crippen molar-refractivity contribution in [2.75, 3.05) is 37.0 Å². The van der Waals surface area contributed by atoms with Crippen molar-refractivity contribution in [1.29, 1.82) is 0 Å². The maximum absolute atomic E-state index is 13.3. The first-order valence-corrected chi connectivity index (χ1v) is 22.2. The van der Waals surface area contributed by atoms with Gasteiger partial charge >= 0.3 is 0 Å². The molecule has 2 aromatic carbocycles. The van der Waals surface area contributed by atoms with Crippen LogP contribution in [-0.4, -0.2) is 49.8 Å². The fourth-order valence-corrected chi connectivity index (χ4v) is 7.98. The summed E-state index contributed by atoms with van der Waals surface area (Å²) in [5.41, 5.74) is 8.68. The third-order valence-electron chi connectivity index (χ3n) is 11.6. The summed E-state index contributed by atoms with van der Waals surface area (Å²) < 4.78 is 5.33. The number of carbonyl (C=O) groups is 3. The van der Waals surface area contributed by atoms with Gasteiger partial charge in [0, 0.05) is 59.9 Å². The molecule has 314 valence electrons. The lowest BCUT2D eigenvalue weighted by molar-refractivity contribution is 0.0105. The molecule has 1 saturated heterocycles. The minimum Gasteiger partial charge on any atom is -0.388 e. The second-order valence-corrected chi connectivity index (χ2v) is 16.4. The lowest BCUT2D eigenvalue weighted by Crippen LogP contribution is -2.32. The van der Waals surface area contributed by atoms with Crippen LogP contribution in [0.1, 0.15) is 153 Å². The van der Waals surface area contributed by atoms with E-state index in [9.17, 15) is 14.4 Å². The summed E-state index contributed by atoms with van der Waals surface area (Å²) in [6.07, 6.45) is 12.0. The van der Waals surface area contributed by atoms with Crippen molar-refractivity contribution in [2.24, 2.45) is 16.7 Å². The van der Waals surface area contributed by atoms with Gasteiger partial charge in [-0.15, -0.1) is 11.3 Å². The number of fused-ring (bicyclic) bond motifs is 2. The minimum atomic E-state index is -0.00893. The van der Waals surface area contributed by atoms with E-state index in [1.165, 1.54) is 42.9 Å². The molecule has 4 aromatic rings. The summed E-state index contributed by atoms with van der Waals surface area (Å²) in [5, 5.41) is 3.08. The number of hydrogen-bond acceptors (Lipinski definition) is 7. The van der Waals surface area contributed by atoms with E-state index in [2.05, 4.69) is 37.1 Å². The van der Waals surface area contributed by atoms with Crippen LogP contribution >= 0.6 is 11.3 Å². The number of ketones is 1. The Morgan fingerprint density at radius 3 is 2.00 bits per heavy atom. The van der Waals surface area contributed by atoms with Crippen LogP contribution in [0.2, 0.25) is 0 Å². The number of anilines is 2. The third-order valence-corrected chi connectivity index (χ3v) is 12.9. The van der Waals surface area contributed by atoms with Crippen molar-refractivity contribution in [3.63, 3.8) is 0 Å². The molecule has 0 bridgehead atoms. The predicted molar refractivity (Wildman–Crippen MR) is 247 cm³/mol. The number of pyridine rings is 1. The fourth-order valence-electron chi connectivity index (χ4n) is 7.04. The number of amides is 1. The van der Waals surface area contributed by atoms with Crippen molar-refractivity contribution in [3.8, 4) is 0 Å². The SMILES string of the molecule is CC.CC.CC12CC1C2.CCC1(CC)CCOCC1.CNc1ccc(C(=O)N2CCC(c3ccc(C(C)=O)s3)=Cc3ccccc32)cc1.Cc1ccc(C=O)c(C)n1. The van der Waals surface area contributed by atoms with Gasteiger partial charge in [-0.2, -0.15) is 0 Å². The Morgan fingerprint density at radius 2 is 1.52 bits per heavy atom. The molecule has 0 atom stereocenters. The number of thiophene rings is 1. The Hall–Kier alpha value is -4.40.